The average Bonchev–Trinajstić information content (AvgIpc) is 3.37. The predicted molar refractivity (Wildman–Crippen MR) is 101 cm³/mol. The SMILES string of the molecule is Cn1cc([C@@H]2C[C@H]2C(=O)NN(Cc2ccccc2)c2ccccc2)cn1. The normalized spacial score (nSPS) is 18.3. The second kappa shape index (κ2) is 7.04. The van der Waals surface area contributed by atoms with E-state index in [4.69, 9.17) is 0 Å². The number of nitrogens with one attached hydrogen (secondary N) is 1. The van der Waals surface area contributed by atoms with Crippen LogP contribution in [0.2, 0.25) is 0 Å². The molecule has 0 unspecified atom stereocenters. The van der Waals surface area contributed by atoms with Crippen LogP contribution in [0.25, 0.3) is 0 Å². The lowest BCUT2D eigenvalue weighted by Gasteiger charge is -2.25. The smallest absolute Gasteiger partial charge is 0.242 e. The number of aryl methyl sites for hydroxylation is 1. The standard InChI is InChI=1S/C21H22N4O/c1-24-15-17(13-22-24)19-12-20(19)21(26)23-25(18-10-6-3-7-11-18)14-16-8-4-2-5-9-16/h2-11,13,15,19-20H,12,14H2,1H3,(H,23,26)/t19-,20+/m0/s1. The van der Waals surface area contributed by atoms with E-state index in [1.807, 2.05) is 73.0 Å². The Morgan fingerprint density at radius 1 is 1.15 bits per heavy atom. The summed E-state index contributed by atoms with van der Waals surface area (Å²) >= 11 is 0. The van der Waals surface area contributed by atoms with Crippen molar-refractivity contribution in [1.82, 2.24) is 15.2 Å². The molecule has 1 aliphatic carbocycles. The molecule has 1 heterocycles. The van der Waals surface area contributed by atoms with E-state index in [1.54, 1.807) is 4.68 Å². The van der Waals surface area contributed by atoms with Gasteiger partial charge in [-0.05, 0) is 35.6 Å². The number of benzene rings is 2. The number of aromatic nitrogens is 2. The Bertz CT molecular complexity index is 875. The van der Waals surface area contributed by atoms with E-state index in [0.29, 0.717) is 6.54 Å². The van der Waals surface area contributed by atoms with E-state index in [0.717, 1.165) is 23.2 Å². The molecule has 0 spiro atoms. The zero-order chi connectivity index (χ0) is 17.9. The minimum Gasteiger partial charge on any atom is -0.281 e. The van der Waals surface area contributed by atoms with Crippen LogP contribution in [0.3, 0.4) is 0 Å². The first kappa shape index (κ1) is 16.4. The second-order valence-electron chi connectivity index (χ2n) is 6.78. The topological polar surface area (TPSA) is 50.2 Å². The molecular weight excluding hydrogens is 324 g/mol. The fourth-order valence-electron chi connectivity index (χ4n) is 3.27. The molecule has 3 aromatic rings. The van der Waals surface area contributed by atoms with Gasteiger partial charge in [-0.3, -0.25) is 19.9 Å². The summed E-state index contributed by atoms with van der Waals surface area (Å²) in [6.45, 7) is 0.626. The van der Waals surface area contributed by atoms with Gasteiger partial charge in [0.05, 0.1) is 18.4 Å². The van der Waals surface area contributed by atoms with Crippen molar-refractivity contribution in [3.63, 3.8) is 0 Å². The molecule has 2 atom stereocenters. The Morgan fingerprint density at radius 2 is 1.85 bits per heavy atom. The van der Waals surface area contributed by atoms with E-state index in [9.17, 15) is 4.79 Å². The van der Waals surface area contributed by atoms with Gasteiger partial charge in [0.1, 0.15) is 0 Å². The Labute approximate surface area is 153 Å². The minimum atomic E-state index is 0.0150. The number of carbonyl (C=O) groups excluding carboxylic acids is 1. The molecule has 0 aliphatic heterocycles. The fourth-order valence-corrected chi connectivity index (χ4v) is 3.27. The van der Waals surface area contributed by atoms with Crippen LogP contribution in [0.1, 0.15) is 23.5 Å². The van der Waals surface area contributed by atoms with E-state index in [1.165, 1.54) is 0 Å². The summed E-state index contributed by atoms with van der Waals surface area (Å²) in [6.07, 6.45) is 4.74. The van der Waals surface area contributed by atoms with Crippen molar-refractivity contribution in [3.05, 3.63) is 84.2 Å². The van der Waals surface area contributed by atoms with Crippen LogP contribution >= 0.6 is 0 Å². The molecule has 0 saturated heterocycles. The third kappa shape index (κ3) is 3.61. The first-order valence-electron chi connectivity index (χ1n) is 8.86. The summed E-state index contributed by atoms with van der Waals surface area (Å²) in [7, 11) is 1.90. The molecule has 0 bridgehead atoms. The number of anilines is 1. The Hall–Kier alpha value is -3.08. The summed E-state index contributed by atoms with van der Waals surface area (Å²) in [5, 5.41) is 6.14. The zero-order valence-corrected chi connectivity index (χ0v) is 14.7. The molecule has 1 fully saturated rings. The lowest BCUT2D eigenvalue weighted by molar-refractivity contribution is -0.122. The van der Waals surface area contributed by atoms with Gasteiger partial charge in [0.25, 0.3) is 0 Å². The van der Waals surface area contributed by atoms with Gasteiger partial charge in [-0.15, -0.1) is 0 Å². The second-order valence-corrected chi connectivity index (χ2v) is 6.78. The Balaban J connectivity index is 1.47. The first-order valence-corrected chi connectivity index (χ1v) is 8.86. The highest BCUT2D eigenvalue weighted by molar-refractivity contribution is 5.84. The first-order chi connectivity index (χ1) is 12.7. The fraction of sp³-hybridized carbons (Fsp3) is 0.238. The molecule has 1 aromatic heterocycles. The van der Waals surface area contributed by atoms with Crippen molar-refractivity contribution in [2.24, 2.45) is 13.0 Å². The molecule has 1 saturated carbocycles. The van der Waals surface area contributed by atoms with Crippen LogP contribution in [-0.4, -0.2) is 15.7 Å². The van der Waals surface area contributed by atoms with Crippen molar-refractivity contribution in [2.45, 2.75) is 18.9 Å². The van der Waals surface area contributed by atoms with Crippen molar-refractivity contribution in [2.75, 3.05) is 5.01 Å². The average molecular weight is 346 g/mol. The number of hydrazine groups is 1. The maximum absolute atomic E-state index is 12.8. The predicted octanol–water partition coefficient (Wildman–Crippen LogP) is 3.26. The number of hydrogen-bond acceptors (Lipinski definition) is 3. The monoisotopic (exact) mass is 346 g/mol. The quantitative estimate of drug-likeness (QED) is 0.697. The molecule has 26 heavy (non-hydrogen) atoms. The molecule has 5 nitrogen and oxygen atoms in total. The summed E-state index contributed by atoms with van der Waals surface area (Å²) in [4.78, 5) is 12.8. The molecular formula is C21H22N4O. The summed E-state index contributed by atoms with van der Waals surface area (Å²) in [5.74, 6) is 0.359. The molecule has 1 amide bonds. The van der Waals surface area contributed by atoms with Gasteiger partial charge < -0.3 is 0 Å². The molecule has 2 aromatic carbocycles. The van der Waals surface area contributed by atoms with Crippen LogP contribution in [-0.2, 0) is 18.4 Å². The largest absolute Gasteiger partial charge is 0.281 e. The van der Waals surface area contributed by atoms with Crippen LogP contribution in [0.15, 0.2) is 73.1 Å². The maximum Gasteiger partial charge on any atom is 0.242 e. The van der Waals surface area contributed by atoms with Crippen molar-refractivity contribution < 1.29 is 4.79 Å². The number of para-hydroxylation sites is 1. The third-order valence-electron chi connectivity index (χ3n) is 4.78. The summed E-state index contributed by atoms with van der Waals surface area (Å²) in [5.41, 5.74) is 6.38. The van der Waals surface area contributed by atoms with Gasteiger partial charge in [0, 0.05) is 19.2 Å². The van der Waals surface area contributed by atoms with Gasteiger partial charge in [-0.1, -0.05) is 48.5 Å². The molecule has 1 N–H and O–H groups in total. The van der Waals surface area contributed by atoms with Crippen molar-refractivity contribution >= 4 is 11.6 Å². The van der Waals surface area contributed by atoms with Crippen LogP contribution in [0.5, 0.6) is 0 Å². The van der Waals surface area contributed by atoms with E-state index in [2.05, 4.69) is 22.7 Å². The van der Waals surface area contributed by atoms with Crippen molar-refractivity contribution in [1.29, 1.82) is 0 Å². The van der Waals surface area contributed by atoms with E-state index in [-0.39, 0.29) is 17.7 Å². The molecule has 1 aliphatic rings. The van der Waals surface area contributed by atoms with Crippen LogP contribution in [0.4, 0.5) is 5.69 Å². The third-order valence-corrected chi connectivity index (χ3v) is 4.78. The van der Waals surface area contributed by atoms with Gasteiger partial charge in [0.2, 0.25) is 5.91 Å². The van der Waals surface area contributed by atoms with Crippen molar-refractivity contribution in [3.8, 4) is 0 Å². The maximum atomic E-state index is 12.8. The lowest BCUT2D eigenvalue weighted by atomic mass is 10.2. The number of hydrogen-bond donors (Lipinski definition) is 1. The molecule has 5 heteroatoms. The van der Waals surface area contributed by atoms with Gasteiger partial charge in [0.15, 0.2) is 0 Å². The number of rotatable bonds is 6. The van der Waals surface area contributed by atoms with E-state index >= 15 is 0 Å². The highest BCUT2D eigenvalue weighted by Gasteiger charge is 2.45. The highest BCUT2D eigenvalue weighted by Crippen LogP contribution is 2.47. The molecule has 132 valence electrons. The van der Waals surface area contributed by atoms with E-state index < -0.39 is 0 Å². The van der Waals surface area contributed by atoms with Gasteiger partial charge in [-0.2, -0.15) is 5.10 Å². The number of nitrogens with zero attached hydrogens (tertiary/aromatic N) is 3. The van der Waals surface area contributed by atoms with Crippen LogP contribution in [0, 0.1) is 5.92 Å². The highest BCUT2D eigenvalue weighted by atomic mass is 16.2. The summed E-state index contributed by atoms with van der Waals surface area (Å²) in [6, 6.07) is 20.1. The minimum absolute atomic E-state index is 0.0150. The van der Waals surface area contributed by atoms with Gasteiger partial charge in [-0.25, -0.2) is 0 Å². The Kier molecular flexibility index (Phi) is 4.44. The number of amides is 1. The zero-order valence-electron chi connectivity index (χ0n) is 14.7. The van der Waals surface area contributed by atoms with Gasteiger partial charge >= 0.3 is 0 Å². The molecule has 0 radical (unpaired) electrons. The Morgan fingerprint density at radius 3 is 2.50 bits per heavy atom. The molecule has 4 rings (SSSR count). The number of carbonyl (C=O) groups is 1. The summed E-state index contributed by atoms with van der Waals surface area (Å²) < 4.78 is 1.79. The van der Waals surface area contributed by atoms with Crippen LogP contribution < -0.4 is 10.4 Å². The lowest BCUT2D eigenvalue weighted by Crippen LogP contribution is -2.43.